The summed E-state index contributed by atoms with van der Waals surface area (Å²) in [5.74, 6) is -0.400. The van der Waals surface area contributed by atoms with Gasteiger partial charge in [-0.1, -0.05) is 0 Å². The van der Waals surface area contributed by atoms with E-state index in [-0.39, 0.29) is 31.0 Å². The van der Waals surface area contributed by atoms with E-state index in [1.807, 2.05) is 20.8 Å². The van der Waals surface area contributed by atoms with E-state index >= 15 is 0 Å². The maximum absolute atomic E-state index is 11.3. The van der Waals surface area contributed by atoms with Crippen LogP contribution < -0.4 is 5.32 Å². The van der Waals surface area contributed by atoms with E-state index in [4.69, 9.17) is 0 Å². The first-order valence-corrected chi connectivity index (χ1v) is 5.08. The van der Waals surface area contributed by atoms with Crippen LogP contribution in [-0.2, 0) is 14.3 Å². The Bertz CT molecular complexity index is 217. The molecule has 0 spiro atoms. The SMILES string of the molecule is CCNC(=O)CN(CC(=O)OC)C(C)C. The Morgan fingerprint density at radius 1 is 1.33 bits per heavy atom. The highest BCUT2D eigenvalue weighted by Gasteiger charge is 2.17. The standard InChI is InChI=1S/C10H20N2O3/c1-5-11-9(13)6-12(8(2)3)7-10(14)15-4/h8H,5-7H2,1-4H3,(H,11,13). The summed E-state index contributed by atoms with van der Waals surface area (Å²) >= 11 is 0. The fourth-order valence-electron chi connectivity index (χ4n) is 1.09. The van der Waals surface area contributed by atoms with E-state index in [0.29, 0.717) is 6.54 Å². The Labute approximate surface area is 90.8 Å². The molecule has 0 aromatic rings. The summed E-state index contributed by atoms with van der Waals surface area (Å²) in [4.78, 5) is 24.2. The lowest BCUT2D eigenvalue weighted by Gasteiger charge is -2.24. The monoisotopic (exact) mass is 216 g/mol. The summed E-state index contributed by atoms with van der Waals surface area (Å²) in [5.41, 5.74) is 0. The first kappa shape index (κ1) is 13.9. The first-order valence-electron chi connectivity index (χ1n) is 5.08. The third kappa shape index (κ3) is 6.06. The van der Waals surface area contributed by atoms with Gasteiger partial charge in [-0.3, -0.25) is 14.5 Å². The van der Waals surface area contributed by atoms with Crippen LogP contribution in [0.15, 0.2) is 0 Å². The van der Waals surface area contributed by atoms with Gasteiger partial charge in [-0.05, 0) is 20.8 Å². The van der Waals surface area contributed by atoms with Gasteiger partial charge in [0, 0.05) is 12.6 Å². The molecule has 0 rings (SSSR count). The number of likely N-dealkylation sites (N-methyl/N-ethyl adjacent to an activating group) is 1. The van der Waals surface area contributed by atoms with Crippen molar-refractivity contribution in [1.29, 1.82) is 0 Å². The predicted octanol–water partition coefficient (Wildman–Crippen LogP) is 0.00590. The molecule has 0 aliphatic carbocycles. The van der Waals surface area contributed by atoms with Gasteiger partial charge >= 0.3 is 5.97 Å². The second-order valence-electron chi connectivity index (χ2n) is 3.53. The third-order valence-corrected chi connectivity index (χ3v) is 2.01. The number of amides is 1. The van der Waals surface area contributed by atoms with Crippen LogP contribution in [-0.4, -0.2) is 49.6 Å². The molecule has 0 radical (unpaired) electrons. The van der Waals surface area contributed by atoms with Gasteiger partial charge in [0.05, 0.1) is 20.2 Å². The Morgan fingerprint density at radius 2 is 1.93 bits per heavy atom. The van der Waals surface area contributed by atoms with Gasteiger partial charge in [0.2, 0.25) is 5.91 Å². The number of esters is 1. The number of hydrogen-bond acceptors (Lipinski definition) is 4. The van der Waals surface area contributed by atoms with E-state index < -0.39 is 0 Å². The van der Waals surface area contributed by atoms with E-state index in [2.05, 4.69) is 10.1 Å². The van der Waals surface area contributed by atoms with Gasteiger partial charge < -0.3 is 10.1 Å². The van der Waals surface area contributed by atoms with Crippen LogP contribution in [0.2, 0.25) is 0 Å². The maximum Gasteiger partial charge on any atom is 0.319 e. The third-order valence-electron chi connectivity index (χ3n) is 2.01. The molecule has 0 atom stereocenters. The molecule has 1 N–H and O–H groups in total. The molecule has 0 saturated carbocycles. The normalized spacial score (nSPS) is 10.5. The van der Waals surface area contributed by atoms with Crippen molar-refractivity contribution in [2.24, 2.45) is 0 Å². The van der Waals surface area contributed by atoms with Crippen molar-refractivity contribution in [3.63, 3.8) is 0 Å². The Hall–Kier alpha value is -1.10. The van der Waals surface area contributed by atoms with Gasteiger partial charge in [-0.2, -0.15) is 0 Å². The maximum atomic E-state index is 11.3. The number of nitrogens with one attached hydrogen (secondary N) is 1. The highest BCUT2D eigenvalue weighted by atomic mass is 16.5. The lowest BCUT2D eigenvalue weighted by Crippen LogP contribution is -2.43. The minimum atomic E-state index is -0.326. The highest BCUT2D eigenvalue weighted by molar-refractivity contribution is 5.79. The van der Waals surface area contributed by atoms with Crippen molar-refractivity contribution in [3.8, 4) is 0 Å². The Morgan fingerprint density at radius 3 is 2.33 bits per heavy atom. The number of methoxy groups -OCH3 is 1. The number of carbonyl (C=O) groups excluding carboxylic acids is 2. The average Bonchev–Trinajstić information content (AvgIpc) is 2.16. The minimum Gasteiger partial charge on any atom is -0.468 e. The molecule has 0 unspecified atom stereocenters. The summed E-state index contributed by atoms with van der Waals surface area (Å²) in [6.07, 6.45) is 0. The van der Waals surface area contributed by atoms with Crippen molar-refractivity contribution in [2.45, 2.75) is 26.8 Å². The molecule has 5 nitrogen and oxygen atoms in total. The van der Waals surface area contributed by atoms with Crippen molar-refractivity contribution in [2.75, 3.05) is 26.7 Å². The average molecular weight is 216 g/mol. The zero-order valence-electron chi connectivity index (χ0n) is 9.87. The molecule has 0 aliphatic rings. The van der Waals surface area contributed by atoms with E-state index in [1.54, 1.807) is 4.90 Å². The molecule has 0 aliphatic heterocycles. The fraction of sp³-hybridized carbons (Fsp3) is 0.800. The van der Waals surface area contributed by atoms with Crippen LogP contribution in [0, 0.1) is 0 Å². The Balaban J connectivity index is 4.16. The van der Waals surface area contributed by atoms with Crippen molar-refractivity contribution in [3.05, 3.63) is 0 Å². The van der Waals surface area contributed by atoms with Crippen LogP contribution in [0.1, 0.15) is 20.8 Å². The topological polar surface area (TPSA) is 58.6 Å². The summed E-state index contributed by atoms with van der Waals surface area (Å²) in [6.45, 7) is 6.69. The molecule has 0 aromatic heterocycles. The van der Waals surface area contributed by atoms with Crippen LogP contribution in [0.5, 0.6) is 0 Å². The first-order chi connectivity index (χ1) is 7.01. The van der Waals surface area contributed by atoms with Crippen molar-refractivity contribution in [1.82, 2.24) is 10.2 Å². The molecule has 5 heteroatoms. The van der Waals surface area contributed by atoms with Gasteiger partial charge in [-0.15, -0.1) is 0 Å². The van der Waals surface area contributed by atoms with E-state index in [1.165, 1.54) is 7.11 Å². The number of ether oxygens (including phenoxy) is 1. The molecule has 0 fully saturated rings. The molecule has 15 heavy (non-hydrogen) atoms. The van der Waals surface area contributed by atoms with Crippen LogP contribution in [0.3, 0.4) is 0 Å². The molecule has 1 amide bonds. The number of carbonyl (C=O) groups is 2. The molecule has 0 bridgehead atoms. The molecule has 0 saturated heterocycles. The van der Waals surface area contributed by atoms with Gasteiger partial charge in [-0.25, -0.2) is 0 Å². The quantitative estimate of drug-likeness (QED) is 0.635. The Kier molecular flexibility index (Phi) is 6.70. The largest absolute Gasteiger partial charge is 0.468 e. The molecular weight excluding hydrogens is 196 g/mol. The zero-order valence-corrected chi connectivity index (χ0v) is 9.87. The van der Waals surface area contributed by atoms with Gasteiger partial charge in [0.15, 0.2) is 0 Å². The van der Waals surface area contributed by atoms with E-state index in [0.717, 1.165) is 0 Å². The summed E-state index contributed by atoms with van der Waals surface area (Å²) in [7, 11) is 1.34. The lowest BCUT2D eigenvalue weighted by molar-refractivity contribution is -0.142. The second kappa shape index (κ2) is 7.23. The molecule has 0 aromatic carbocycles. The minimum absolute atomic E-state index is 0.0740. The summed E-state index contributed by atoms with van der Waals surface area (Å²) < 4.78 is 4.56. The van der Waals surface area contributed by atoms with Crippen molar-refractivity contribution >= 4 is 11.9 Å². The molecule has 88 valence electrons. The second-order valence-corrected chi connectivity index (χ2v) is 3.53. The molecule has 0 heterocycles. The fourth-order valence-corrected chi connectivity index (χ4v) is 1.09. The summed E-state index contributed by atoms with van der Waals surface area (Å²) in [5, 5.41) is 2.69. The number of rotatable bonds is 6. The molecular formula is C10H20N2O3. The van der Waals surface area contributed by atoms with Gasteiger partial charge in [0.1, 0.15) is 0 Å². The van der Waals surface area contributed by atoms with Crippen LogP contribution in [0.25, 0.3) is 0 Å². The van der Waals surface area contributed by atoms with Crippen LogP contribution >= 0.6 is 0 Å². The van der Waals surface area contributed by atoms with Crippen LogP contribution in [0.4, 0.5) is 0 Å². The smallest absolute Gasteiger partial charge is 0.319 e. The van der Waals surface area contributed by atoms with E-state index in [9.17, 15) is 9.59 Å². The van der Waals surface area contributed by atoms with Gasteiger partial charge in [0.25, 0.3) is 0 Å². The number of nitrogens with zero attached hydrogens (tertiary/aromatic N) is 1. The lowest BCUT2D eigenvalue weighted by atomic mass is 10.3. The summed E-state index contributed by atoms with van der Waals surface area (Å²) in [6, 6.07) is 0.131. The highest BCUT2D eigenvalue weighted by Crippen LogP contribution is 1.97. The van der Waals surface area contributed by atoms with Crippen molar-refractivity contribution < 1.29 is 14.3 Å². The number of hydrogen-bond donors (Lipinski definition) is 1. The zero-order chi connectivity index (χ0) is 11.8. The predicted molar refractivity (Wildman–Crippen MR) is 57.4 cm³/mol.